The molecule has 0 amide bonds. The molecule has 1 atom stereocenters. The molecule has 1 aromatic carbocycles. The van der Waals surface area contributed by atoms with E-state index in [1.165, 1.54) is 0 Å². The van der Waals surface area contributed by atoms with Crippen molar-refractivity contribution in [3.8, 4) is 0 Å². The highest BCUT2D eigenvalue weighted by Gasteiger charge is 2.10. The zero-order valence-electron chi connectivity index (χ0n) is 9.19. The lowest BCUT2D eigenvalue weighted by atomic mass is 10.2. The molecule has 0 spiro atoms. The number of benzene rings is 1. The Bertz CT molecular complexity index is 334. The molecule has 16 heavy (non-hydrogen) atoms. The molecule has 5 heteroatoms. The first-order valence-electron chi connectivity index (χ1n) is 4.90. The van der Waals surface area contributed by atoms with E-state index in [0.29, 0.717) is 12.2 Å². The standard InChI is InChI=1S/C11H14F3NO/c1-7(6-16-2)15-5-8-3-9(12)11(14)10(13)4-8/h3-4,7,15H,5-6H2,1-2H3. The number of rotatable bonds is 5. The summed E-state index contributed by atoms with van der Waals surface area (Å²) in [7, 11) is 1.56. The second-order valence-corrected chi connectivity index (χ2v) is 3.61. The summed E-state index contributed by atoms with van der Waals surface area (Å²) in [6.07, 6.45) is 0. The number of methoxy groups -OCH3 is 1. The number of hydrogen-bond donors (Lipinski definition) is 1. The molecule has 1 N–H and O–H groups in total. The molecule has 0 heterocycles. The van der Waals surface area contributed by atoms with Crippen LogP contribution in [-0.4, -0.2) is 19.8 Å². The fourth-order valence-electron chi connectivity index (χ4n) is 1.31. The third-order valence-electron chi connectivity index (χ3n) is 2.11. The first-order chi connectivity index (χ1) is 7.54. The summed E-state index contributed by atoms with van der Waals surface area (Å²) in [6.45, 7) is 2.63. The van der Waals surface area contributed by atoms with Gasteiger partial charge in [0.05, 0.1) is 6.61 Å². The van der Waals surface area contributed by atoms with Crippen LogP contribution < -0.4 is 5.32 Å². The summed E-state index contributed by atoms with van der Waals surface area (Å²) >= 11 is 0. The number of hydrogen-bond acceptors (Lipinski definition) is 2. The van der Waals surface area contributed by atoms with Crippen molar-refractivity contribution in [1.82, 2.24) is 5.32 Å². The van der Waals surface area contributed by atoms with Gasteiger partial charge in [-0.1, -0.05) is 0 Å². The van der Waals surface area contributed by atoms with Crippen molar-refractivity contribution in [2.24, 2.45) is 0 Å². The fourth-order valence-corrected chi connectivity index (χ4v) is 1.31. The second-order valence-electron chi connectivity index (χ2n) is 3.61. The van der Waals surface area contributed by atoms with Gasteiger partial charge < -0.3 is 10.1 Å². The predicted molar refractivity (Wildman–Crippen MR) is 54.5 cm³/mol. The minimum Gasteiger partial charge on any atom is -0.383 e. The molecule has 0 saturated heterocycles. The summed E-state index contributed by atoms with van der Waals surface area (Å²) in [5.41, 5.74) is 0.361. The molecule has 0 radical (unpaired) electrons. The third kappa shape index (κ3) is 3.50. The summed E-state index contributed by atoms with van der Waals surface area (Å²) in [5.74, 6) is -3.78. The van der Waals surface area contributed by atoms with Crippen LogP contribution in [0.15, 0.2) is 12.1 Å². The fraction of sp³-hybridized carbons (Fsp3) is 0.455. The number of ether oxygens (including phenoxy) is 1. The van der Waals surface area contributed by atoms with Crippen LogP contribution in [0.1, 0.15) is 12.5 Å². The van der Waals surface area contributed by atoms with Gasteiger partial charge in [0.15, 0.2) is 17.5 Å². The van der Waals surface area contributed by atoms with Crippen molar-refractivity contribution >= 4 is 0 Å². The molecule has 0 saturated carbocycles. The van der Waals surface area contributed by atoms with Crippen LogP contribution in [0.25, 0.3) is 0 Å². The lowest BCUT2D eigenvalue weighted by molar-refractivity contribution is 0.171. The van der Waals surface area contributed by atoms with E-state index in [1.54, 1.807) is 7.11 Å². The van der Waals surface area contributed by atoms with Crippen molar-refractivity contribution < 1.29 is 17.9 Å². The number of nitrogens with one attached hydrogen (secondary N) is 1. The van der Waals surface area contributed by atoms with Crippen molar-refractivity contribution in [2.75, 3.05) is 13.7 Å². The molecule has 2 nitrogen and oxygen atoms in total. The van der Waals surface area contributed by atoms with Crippen LogP contribution >= 0.6 is 0 Å². The van der Waals surface area contributed by atoms with Gasteiger partial charge in [-0.25, -0.2) is 13.2 Å². The Morgan fingerprint density at radius 1 is 1.25 bits per heavy atom. The smallest absolute Gasteiger partial charge is 0.194 e. The zero-order chi connectivity index (χ0) is 12.1. The Kier molecular flexibility index (Phi) is 4.76. The Hall–Kier alpha value is -1.07. The van der Waals surface area contributed by atoms with Crippen molar-refractivity contribution in [2.45, 2.75) is 19.5 Å². The number of halogens is 3. The Balaban J connectivity index is 2.61. The molecule has 0 aliphatic heterocycles. The van der Waals surface area contributed by atoms with Crippen LogP contribution in [-0.2, 0) is 11.3 Å². The maximum atomic E-state index is 12.8. The van der Waals surface area contributed by atoms with E-state index in [4.69, 9.17) is 4.74 Å². The first kappa shape index (κ1) is 13.0. The molecule has 90 valence electrons. The van der Waals surface area contributed by atoms with E-state index >= 15 is 0 Å². The summed E-state index contributed by atoms with van der Waals surface area (Å²) < 4.78 is 43.2. The van der Waals surface area contributed by atoms with Gasteiger partial charge >= 0.3 is 0 Å². The molecule has 1 unspecified atom stereocenters. The average Bonchev–Trinajstić information content (AvgIpc) is 2.23. The lowest BCUT2D eigenvalue weighted by Crippen LogP contribution is -2.29. The summed E-state index contributed by atoms with van der Waals surface area (Å²) in [4.78, 5) is 0. The SMILES string of the molecule is COCC(C)NCc1cc(F)c(F)c(F)c1. The predicted octanol–water partition coefficient (Wildman–Crippen LogP) is 2.23. The molecule has 1 aromatic rings. The van der Waals surface area contributed by atoms with Crippen molar-refractivity contribution in [1.29, 1.82) is 0 Å². The Morgan fingerprint density at radius 3 is 2.31 bits per heavy atom. The van der Waals surface area contributed by atoms with Gasteiger partial charge in [-0.3, -0.25) is 0 Å². The topological polar surface area (TPSA) is 21.3 Å². The molecule has 0 aliphatic carbocycles. The van der Waals surface area contributed by atoms with Gasteiger partial charge in [0.2, 0.25) is 0 Å². The van der Waals surface area contributed by atoms with Crippen LogP contribution in [0.4, 0.5) is 13.2 Å². The van der Waals surface area contributed by atoms with Crippen LogP contribution in [0.3, 0.4) is 0 Å². The highest BCUT2D eigenvalue weighted by molar-refractivity contribution is 5.19. The Labute approximate surface area is 92.4 Å². The minimum absolute atomic E-state index is 0.0566. The van der Waals surface area contributed by atoms with Gasteiger partial charge in [0, 0.05) is 19.7 Å². The Morgan fingerprint density at radius 2 is 1.81 bits per heavy atom. The monoisotopic (exact) mass is 233 g/mol. The van der Waals surface area contributed by atoms with Crippen molar-refractivity contribution in [3.63, 3.8) is 0 Å². The van der Waals surface area contributed by atoms with Gasteiger partial charge in [0.25, 0.3) is 0 Å². The first-order valence-corrected chi connectivity index (χ1v) is 4.90. The van der Waals surface area contributed by atoms with Crippen LogP contribution in [0.5, 0.6) is 0 Å². The lowest BCUT2D eigenvalue weighted by Gasteiger charge is -2.12. The molecular formula is C11H14F3NO. The summed E-state index contributed by atoms with van der Waals surface area (Å²) in [5, 5.41) is 2.99. The van der Waals surface area contributed by atoms with E-state index in [0.717, 1.165) is 12.1 Å². The maximum Gasteiger partial charge on any atom is 0.194 e. The normalized spacial score (nSPS) is 12.8. The molecule has 0 fully saturated rings. The van der Waals surface area contributed by atoms with E-state index in [1.807, 2.05) is 6.92 Å². The largest absolute Gasteiger partial charge is 0.383 e. The van der Waals surface area contributed by atoms with Gasteiger partial charge in [0.1, 0.15) is 0 Å². The van der Waals surface area contributed by atoms with Gasteiger partial charge in [-0.15, -0.1) is 0 Å². The molecule has 0 aliphatic rings. The minimum atomic E-state index is -1.44. The van der Waals surface area contributed by atoms with Gasteiger partial charge in [-0.2, -0.15) is 0 Å². The van der Waals surface area contributed by atoms with Crippen molar-refractivity contribution in [3.05, 3.63) is 35.1 Å². The van der Waals surface area contributed by atoms with E-state index < -0.39 is 17.5 Å². The highest BCUT2D eigenvalue weighted by Crippen LogP contribution is 2.13. The third-order valence-corrected chi connectivity index (χ3v) is 2.11. The highest BCUT2D eigenvalue weighted by atomic mass is 19.2. The van der Waals surface area contributed by atoms with E-state index in [2.05, 4.69) is 5.32 Å². The average molecular weight is 233 g/mol. The van der Waals surface area contributed by atoms with Gasteiger partial charge in [-0.05, 0) is 24.6 Å². The summed E-state index contributed by atoms with van der Waals surface area (Å²) in [6, 6.07) is 2.01. The maximum absolute atomic E-state index is 12.8. The molecule has 0 bridgehead atoms. The quantitative estimate of drug-likeness (QED) is 0.787. The zero-order valence-corrected chi connectivity index (χ0v) is 9.19. The molecule has 0 aromatic heterocycles. The van der Waals surface area contributed by atoms with E-state index in [-0.39, 0.29) is 12.6 Å². The van der Waals surface area contributed by atoms with Crippen LogP contribution in [0.2, 0.25) is 0 Å². The second kappa shape index (κ2) is 5.86. The van der Waals surface area contributed by atoms with Crippen LogP contribution in [0, 0.1) is 17.5 Å². The molecular weight excluding hydrogens is 219 g/mol. The van der Waals surface area contributed by atoms with E-state index in [9.17, 15) is 13.2 Å². The molecule has 1 rings (SSSR count).